The zero-order chi connectivity index (χ0) is 16.7. The van der Waals surface area contributed by atoms with Crippen LogP contribution in [0.3, 0.4) is 0 Å². The van der Waals surface area contributed by atoms with Crippen molar-refractivity contribution in [2.24, 2.45) is 7.05 Å². The molecule has 0 saturated carbocycles. The second-order valence-electron chi connectivity index (χ2n) is 5.86. The highest BCUT2D eigenvalue weighted by molar-refractivity contribution is 9.10. The number of fused-ring (bicyclic) bond motifs is 2. The summed E-state index contributed by atoms with van der Waals surface area (Å²) in [4.78, 5) is 12.5. The number of benzene rings is 2. The predicted molar refractivity (Wildman–Crippen MR) is 101 cm³/mol. The SMILES string of the molecule is Cn1ccc2c(NC(=O)Cn3ccc4ccc(Br)cc43)cccc21. The molecule has 0 atom stereocenters. The zero-order valence-corrected chi connectivity index (χ0v) is 14.7. The molecule has 0 fully saturated rings. The largest absolute Gasteiger partial charge is 0.350 e. The molecule has 0 spiro atoms. The van der Waals surface area contributed by atoms with E-state index in [-0.39, 0.29) is 12.5 Å². The van der Waals surface area contributed by atoms with Gasteiger partial charge in [0.2, 0.25) is 5.91 Å². The van der Waals surface area contributed by atoms with Crippen LogP contribution in [0.1, 0.15) is 0 Å². The highest BCUT2D eigenvalue weighted by Gasteiger charge is 2.10. The van der Waals surface area contributed by atoms with Crippen LogP contribution in [0.4, 0.5) is 5.69 Å². The average molecular weight is 382 g/mol. The van der Waals surface area contributed by atoms with Gasteiger partial charge < -0.3 is 14.5 Å². The Labute approximate surface area is 147 Å². The molecule has 2 aromatic carbocycles. The van der Waals surface area contributed by atoms with Crippen LogP contribution < -0.4 is 5.32 Å². The Hall–Kier alpha value is -2.53. The van der Waals surface area contributed by atoms with E-state index in [9.17, 15) is 4.79 Å². The summed E-state index contributed by atoms with van der Waals surface area (Å²) in [6.45, 7) is 0.281. The number of carbonyl (C=O) groups excluding carboxylic acids is 1. The number of amides is 1. The van der Waals surface area contributed by atoms with Gasteiger partial charge in [-0.1, -0.05) is 28.1 Å². The highest BCUT2D eigenvalue weighted by Crippen LogP contribution is 2.24. The Morgan fingerprint density at radius 1 is 1.08 bits per heavy atom. The number of hydrogen-bond acceptors (Lipinski definition) is 1. The molecule has 0 aliphatic rings. The second kappa shape index (κ2) is 5.83. The molecule has 4 rings (SSSR count). The first kappa shape index (κ1) is 15.0. The van der Waals surface area contributed by atoms with Gasteiger partial charge in [-0.15, -0.1) is 0 Å². The molecule has 0 aliphatic heterocycles. The topological polar surface area (TPSA) is 39.0 Å². The van der Waals surface area contributed by atoms with Gasteiger partial charge in [0.25, 0.3) is 0 Å². The van der Waals surface area contributed by atoms with Crippen molar-refractivity contribution >= 4 is 49.3 Å². The summed E-state index contributed by atoms with van der Waals surface area (Å²) in [5.41, 5.74) is 2.98. The lowest BCUT2D eigenvalue weighted by Gasteiger charge is -2.09. The van der Waals surface area contributed by atoms with E-state index < -0.39 is 0 Å². The zero-order valence-electron chi connectivity index (χ0n) is 13.2. The Balaban J connectivity index is 1.61. The molecule has 24 heavy (non-hydrogen) atoms. The van der Waals surface area contributed by atoms with E-state index in [0.717, 1.165) is 32.0 Å². The van der Waals surface area contributed by atoms with E-state index >= 15 is 0 Å². The predicted octanol–water partition coefficient (Wildman–Crippen LogP) is 4.53. The van der Waals surface area contributed by atoms with Crippen LogP contribution in [0.5, 0.6) is 0 Å². The molecular weight excluding hydrogens is 366 g/mol. The van der Waals surface area contributed by atoms with Gasteiger partial charge in [-0.2, -0.15) is 0 Å². The Morgan fingerprint density at radius 2 is 1.96 bits per heavy atom. The van der Waals surface area contributed by atoms with E-state index in [1.54, 1.807) is 0 Å². The molecule has 0 aliphatic carbocycles. The first-order valence-corrected chi connectivity index (χ1v) is 8.49. The molecule has 4 aromatic rings. The standard InChI is InChI=1S/C19H16BrN3O/c1-22-9-8-15-16(3-2-4-17(15)22)21-19(24)12-23-10-7-13-5-6-14(20)11-18(13)23/h2-11H,12H2,1H3,(H,21,24). The summed E-state index contributed by atoms with van der Waals surface area (Å²) in [5, 5.41) is 5.20. The summed E-state index contributed by atoms with van der Waals surface area (Å²) in [5.74, 6) is -0.0381. The molecular formula is C19H16BrN3O. The van der Waals surface area contributed by atoms with Gasteiger partial charge in [0.1, 0.15) is 6.54 Å². The number of aryl methyl sites for hydroxylation is 1. The maximum absolute atomic E-state index is 12.5. The van der Waals surface area contributed by atoms with Gasteiger partial charge in [0.15, 0.2) is 0 Å². The van der Waals surface area contributed by atoms with Gasteiger partial charge in [-0.05, 0) is 41.8 Å². The minimum atomic E-state index is -0.0381. The van der Waals surface area contributed by atoms with Gasteiger partial charge in [-0.25, -0.2) is 0 Å². The Bertz CT molecular complexity index is 1060. The Morgan fingerprint density at radius 3 is 2.83 bits per heavy atom. The van der Waals surface area contributed by atoms with Crippen LogP contribution in [0.15, 0.2) is 65.4 Å². The molecule has 2 heterocycles. The lowest BCUT2D eigenvalue weighted by molar-refractivity contribution is -0.116. The van der Waals surface area contributed by atoms with E-state index in [4.69, 9.17) is 0 Å². The van der Waals surface area contributed by atoms with Crippen molar-refractivity contribution in [2.45, 2.75) is 6.54 Å². The number of aromatic nitrogens is 2. The van der Waals surface area contributed by atoms with Crippen LogP contribution in [0, 0.1) is 0 Å². The second-order valence-corrected chi connectivity index (χ2v) is 6.78. The van der Waals surface area contributed by atoms with Crippen LogP contribution in [0.25, 0.3) is 21.8 Å². The van der Waals surface area contributed by atoms with Gasteiger partial charge in [0.05, 0.1) is 5.69 Å². The van der Waals surface area contributed by atoms with Crippen molar-refractivity contribution in [1.82, 2.24) is 9.13 Å². The number of anilines is 1. The lowest BCUT2D eigenvalue weighted by atomic mass is 10.2. The van der Waals surface area contributed by atoms with Gasteiger partial charge in [0, 0.05) is 40.3 Å². The molecule has 4 nitrogen and oxygen atoms in total. The number of carbonyl (C=O) groups is 1. The Kier molecular flexibility index (Phi) is 3.65. The molecule has 0 bridgehead atoms. The first-order valence-electron chi connectivity index (χ1n) is 7.70. The maximum Gasteiger partial charge on any atom is 0.244 e. The molecule has 5 heteroatoms. The first-order chi connectivity index (χ1) is 11.6. The van der Waals surface area contributed by atoms with Crippen molar-refractivity contribution < 1.29 is 4.79 Å². The fraction of sp³-hybridized carbons (Fsp3) is 0.105. The van der Waals surface area contributed by atoms with Crippen LogP contribution >= 0.6 is 15.9 Å². The number of hydrogen-bond donors (Lipinski definition) is 1. The molecule has 1 N–H and O–H groups in total. The van der Waals surface area contributed by atoms with E-state index in [1.807, 2.05) is 77.1 Å². The smallest absolute Gasteiger partial charge is 0.244 e. The van der Waals surface area contributed by atoms with Crippen molar-refractivity contribution in [3.8, 4) is 0 Å². The van der Waals surface area contributed by atoms with Crippen LogP contribution in [-0.4, -0.2) is 15.0 Å². The lowest BCUT2D eigenvalue weighted by Crippen LogP contribution is -2.18. The number of halogens is 1. The van der Waals surface area contributed by atoms with Crippen molar-refractivity contribution in [2.75, 3.05) is 5.32 Å². The third-order valence-corrected chi connectivity index (χ3v) is 4.75. The van der Waals surface area contributed by atoms with Gasteiger partial charge in [-0.3, -0.25) is 4.79 Å². The number of nitrogens with zero attached hydrogens (tertiary/aromatic N) is 2. The fourth-order valence-corrected chi connectivity index (χ4v) is 3.40. The molecule has 0 saturated heterocycles. The summed E-state index contributed by atoms with van der Waals surface area (Å²) in [6.07, 6.45) is 3.94. The third kappa shape index (κ3) is 2.61. The molecule has 0 radical (unpaired) electrons. The van der Waals surface area contributed by atoms with Gasteiger partial charge >= 0.3 is 0 Å². The van der Waals surface area contributed by atoms with Crippen molar-refractivity contribution in [3.05, 3.63) is 65.4 Å². The number of rotatable bonds is 3. The summed E-state index contributed by atoms with van der Waals surface area (Å²) in [6, 6.07) is 16.1. The minimum absolute atomic E-state index is 0.0381. The summed E-state index contributed by atoms with van der Waals surface area (Å²) >= 11 is 3.48. The monoisotopic (exact) mass is 381 g/mol. The van der Waals surface area contributed by atoms with E-state index in [0.29, 0.717) is 0 Å². The average Bonchev–Trinajstić information content (AvgIpc) is 3.13. The van der Waals surface area contributed by atoms with Crippen molar-refractivity contribution in [3.63, 3.8) is 0 Å². The fourth-order valence-electron chi connectivity index (χ4n) is 3.05. The van der Waals surface area contributed by atoms with Crippen LogP contribution in [0.2, 0.25) is 0 Å². The van der Waals surface area contributed by atoms with Crippen LogP contribution in [-0.2, 0) is 18.4 Å². The minimum Gasteiger partial charge on any atom is -0.350 e. The molecule has 120 valence electrons. The molecule has 2 aromatic heterocycles. The maximum atomic E-state index is 12.5. The summed E-state index contributed by atoms with van der Waals surface area (Å²) < 4.78 is 5.01. The van der Waals surface area contributed by atoms with E-state index in [1.165, 1.54) is 0 Å². The normalized spacial score (nSPS) is 11.2. The quantitative estimate of drug-likeness (QED) is 0.556. The molecule has 1 amide bonds. The summed E-state index contributed by atoms with van der Waals surface area (Å²) in [7, 11) is 2.00. The third-order valence-electron chi connectivity index (χ3n) is 4.25. The van der Waals surface area contributed by atoms with Crippen molar-refractivity contribution in [1.29, 1.82) is 0 Å². The number of nitrogens with one attached hydrogen (secondary N) is 1. The molecule has 0 unspecified atom stereocenters. The van der Waals surface area contributed by atoms with E-state index in [2.05, 4.69) is 21.2 Å². The highest BCUT2D eigenvalue weighted by atomic mass is 79.9.